The zero-order valence-corrected chi connectivity index (χ0v) is 8.53. The van der Waals surface area contributed by atoms with E-state index < -0.39 is 21.8 Å². The number of hydrogen-bond acceptors (Lipinski definition) is 4. The third kappa shape index (κ3) is 3.58. The molecule has 13 heavy (non-hydrogen) atoms. The summed E-state index contributed by atoms with van der Waals surface area (Å²) in [4.78, 5) is 21.2. The van der Waals surface area contributed by atoms with Crippen LogP contribution in [0.15, 0.2) is 0 Å². The molecule has 1 aliphatic rings. The van der Waals surface area contributed by atoms with Crippen molar-refractivity contribution in [2.45, 2.75) is 16.3 Å². The maximum absolute atomic E-state index is 10.9. The number of cyclic esters (lactones) is 1. The monoisotopic (exact) mass is 246 g/mol. The molecule has 4 nitrogen and oxygen atoms in total. The Labute approximate surface area is 89.0 Å². The first-order chi connectivity index (χ1) is 5.88. The van der Waals surface area contributed by atoms with E-state index in [9.17, 15) is 9.59 Å². The van der Waals surface area contributed by atoms with E-state index in [1.54, 1.807) is 0 Å². The Morgan fingerprint density at radius 3 is 2.54 bits per heavy atom. The van der Waals surface area contributed by atoms with Gasteiger partial charge in [-0.1, -0.05) is 34.8 Å². The minimum absolute atomic E-state index is 0.0265. The minimum Gasteiger partial charge on any atom is -0.458 e. The Hall–Kier alpha value is -0.190. The lowest BCUT2D eigenvalue weighted by atomic mass is 10.2. The smallest absolute Gasteiger partial charge is 0.348 e. The lowest BCUT2D eigenvalue weighted by Gasteiger charge is -2.24. The van der Waals surface area contributed by atoms with Gasteiger partial charge in [-0.3, -0.25) is 4.79 Å². The van der Waals surface area contributed by atoms with Gasteiger partial charge in [0.2, 0.25) is 9.90 Å². The van der Waals surface area contributed by atoms with Crippen molar-refractivity contribution in [2.24, 2.45) is 0 Å². The highest BCUT2D eigenvalue weighted by atomic mass is 35.6. The Morgan fingerprint density at radius 2 is 2.15 bits per heavy atom. The first-order valence-electron chi connectivity index (χ1n) is 3.31. The first kappa shape index (κ1) is 10.9. The highest BCUT2D eigenvalue weighted by molar-refractivity contribution is 6.67. The molecule has 7 heteroatoms. The molecule has 1 heterocycles. The number of rotatable bonds is 2. The van der Waals surface area contributed by atoms with Crippen molar-refractivity contribution in [3.05, 3.63) is 0 Å². The predicted octanol–water partition coefficient (Wildman–Crippen LogP) is 1.22. The molecule has 1 atom stereocenters. The van der Waals surface area contributed by atoms with Gasteiger partial charge in [0, 0.05) is 0 Å². The van der Waals surface area contributed by atoms with E-state index in [0.717, 1.165) is 0 Å². The van der Waals surface area contributed by atoms with Gasteiger partial charge in [0.05, 0.1) is 6.42 Å². The number of carbonyl (C=O) groups is 2. The van der Waals surface area contributed by atoms with E-state index in [4.69, 9.17) is 34.8 Å². The quantitative estimate of drug-likeness (QED) is 0.544. The van der Waals surface area contributed by atoms with Crippen molar-refractivity contribution in [1.82, 2.24) is 0 Å². The van der Waals surface area contributed by atoms with E-state index in [0.29, 0.717) is 0 Å². The summed E-state index contributed by atoms with van der Waals surface area (Å²) in [6.45, 7) is -0.357. The number of halogens is 3. The molecule has 0 spiro atoms. The molecule has 74 valence electrons. The van der Waals surface area contributed by atoms with E-state index in [1.807, 2.05) is 0 Å². The van der Waals surface area contributed by atoms with Crippen LogP contribution < -0.4 is 0 Å². The molecule has 0 saturated carbocycles. The molecule has 1 unspecified atom stereocenters. The number of carbonyl (C=O) groups excluding carboxylic acids is 2. The van der Waals surface area contributed by atoms with Gasteiger partial charge < -0.3 is 9.47 Å². The second-order valence-electron chi connectivity index (χ2n) is 2.41. The van der Waals surface area contributed by atoms with Gasteiger partial charge in [-0.25, -0.2) is 4.79 Å². The number of alkyl halides is 3. The lowest BCUT2D eigenvalue weighted by molar-refractivity contribution is -0.185. The molecule has 1 aliphatic heterocycles. The fourth-order valence-electron chi connectivity index (χ4n) is 0.678. The van der Waals surface area contributed by atoms with Crippen LogP contribution in [0.2, 0.25) is 0 Å². The summed E-state index contributed by atoms with van der Waals surface area (Å²) in [5, 5.41) is 0. The van der Waals surface area contributed by atoms with Gasteiger partial charge in [-0.2, -0.15) is 0 Å². The van der Waals surface area contributed by atoms with Gasteiger partial charge in [0.15, 0.2) is 0 Å². The number of esters is 2. The SMILES string of the molecule is O=C1CC(C(=O)OCC(Cl)(Cl)Cl)O1. The normalized spacial score (nSPS) is 21.8. The summed E-state index contributed by atoms with van der Waals surface area (Å²) in [6, 6.07) is 0. The topological polar surface area (TPSA) is 52.6 Å². The second kappa shape index (κ2) is 3.90. The Bertz CT molecular complexity index is 227. The minimum atomic E-state index is -1.64. The predicted molar refractivity (Wildman–Crippen MR) is 45.7 cm³/mol. The van der Waals surface area contributed by atoms with E-state index in [1.165, 1.54) is 0 Å². The highest BCUT2D eigenvalue weighted by Gasteiger charge is 2.37. The van der Waals surface area contributed by atoms with Crippen molar-refractivity contribution in [3.8, 4) is 0 Å². The molecular weight excluding hydrogens is 242 g/mol. The fraction of sp³-hybridized carbons (Fsp3) is 0.667. The molecule has 0 aromatic rings. The summed E-state index contributed by atoms with van der Waals surface area (Å²) in [6.07, 6.45) is -0.807. The molecule has 1 saturated heterocycles. The molecular formula is C6H5Cl3O4. The highest BCUT2D eigenvalue weighted by Crippen LogP contribution is 2.26. The number of hydrogen-bond donors (Lipinski definition) is 0. The first-order valence-corrected chi connectivity index (χ1v) is 4.45. The molecule has 0 aliphatic carbocycles. The van der Waals surface area contributed by atoms with Crippen LogP contribution in [-0.2, 0) is 19.1 Å². The van der Waals surface area contributed by atoms with E-state index in [-0.39, 0.29) is 13.0 Å². The van der Waals surface area contributed by atoms with Crippen LogP contribution in [0.5, 0.6) is 0 Å². The van der Waals surface area contributed by atoms with Gasteiger partial charge >= 0.3 is 11.9 Å². The molecule has 0 bridgehead atoms. The van der Waals surface area contributed by atoms with Crippen molar-refractivity contribution >= 4 is 46.7 Å². The van der Waals surface area contributed by atoms with Crippen LogP contribution in [0.25, 0.3) is 0 Å². The summed E-state index contributed by atoms with van der Waals surface area (Å²) in [5.74, 6) is -1.12. The standard InChI is InChI=1S/C6H5Cl3O4/c7-6(8,9)2-12-5(11)3-1-4(10)13-3/h3H,1-2H2. The van der Waals surface area contributed by atoms with Crippen LogP contribution in [0.1, 0.15) is 6.42 Å². The molecule has 1 fully saturated rings. The average molecular weight is 247 g/mol. The van der Waals surface area contributed by atoms with Gasteiger partial charge in [0.25, 0.3) is 0 Å². The second-order valence-corrected chi connectivity index (χ2v) is 4.92. The zero-order chi connectivity index (χ0) is 10.1. The summed E-state index contributed by atoms with van der Waals surface area (Å²) >= 11 is 16.0. The summed E-state index contributed by atoms with van der Waals surface area (Å²) < 4.78 is 7.33. The van der Waals surface area contributed by atoms with Crippen LogP contribution in [0, 0.1) is 0 Å². The number of ether oxygens (including phenoxy) is 2. The maximum Gasteiger partial charge on any atom is 0.348 e. The Kier molecular flexibility index (Phi) is 3.27. The largest absolute Gasteiger partial charge is 0.458 e. The molecule has 0 aromatic heterocycles. The Morgan fingerprint density at radius 1 is 1.62 bits per heavy atom. The van der Waals surface area contributed by atoms with Gasteiger partial charge in [0.1, 0.15) is 6.61 Å². The van der Waals surface area contributed by atoms with Crippen LogP contribution in [0.3, 0.4) is 0 Å². The maximum atomic E-state index is 10.9. The van der Waals surface area contributed by atoms with Gasteiger partial charge in [-0.15, -0.1) is 0 Å². The van der Waals surface area contributed by atoms with Crippen molar-refractivity contribution in [3.63, 3.8) is 0 Å². The van der Waals surface area contributed by atoms with Crippen molar-refractivity contribution < 1.29 is 19.1 Å². The van der Waals surface area contributed by atoms with Crippen molar-refractivity contribution in [1.29, 1.82) is 0 Å². The van der Waals surface area contributed by atoms with Crippen LogP contribution >= 0.6 is 34.8 Å². The molecule has 0 radical (unpaired) electrons. The van der Waals surface area contributed by atoms with Crippen LogP contribution in [0.4, 0.5) is 0 Å². The van der Waals surface area contributed by atoms with E-state index in [2.05, 4.69) is 9.47 Å². The Balaban J connectivity index is 2.23. The van der Waals surface area contributed by atoms with Crippen LogP contribution in [-0.4, -0.2) is 28.4 Å². The summed E-state index contributed by atoms with van der Waals surface area (Å²) in [5.41, 5.74) is 0. The lowest BCUT2D eigenvalue weighted by Crippen LogP contribution is -2.41. The van der Waals surface area contributed by atoms with Crippen molar-refractivity contribution in [2.75, 3.05) is 6.61 Å². The molecule has 1 rings (SSSR count). The van der Waals surface area contributed by atoms with Gasteiger partial charge in [-0.05, 0) is 0 Å². The van der Waals surface area contributed by atoms with E-state index >= 15 is 0 Å². The average Bonchev–Trinajstić information content (AvgIpc) is 1.93. The molecule has 0 aromatic carbocycles. The zero-order valence-electron chi connectivity index (χ0n) is 6.26. The molecule has 0 amide bonds. The molecule has 0 N–H and O–H groups in total. The third-order valence-corrected chi connectivity index (χ3v) is 1.59. The fourth-order valence-corrected chi connectivity index (χ4v) is 0.841. The summed E-state index contributed by atoms with van der Waals surface area (Å²) in [7, 11) is 0. The third-order valence-electron chi connectivity index (χ3n) is 1.27.